The Morgan fingerprint density at radius 3 is 2.53 bits per heavy atom. The summed E-state index contributed by atoms with van der Waals surface area (Å²) in [5, 5.41) is 20.5. The number of carbonyl (C=O) groups is 2. The summed E-state index contributed by atoms with van der Waals surface area (Å²) in [5.74, 6) is -1.83. The lowest BCUT2D eigenvalue weighted by atomic mass is 10.1. The molecule has 0 aliphatic carbocycles. The normalized spacial score (nSPS) is 14.1. The van der Waals surface area contributed by atoms with Crippen LogP contribution in [0.4, 0.5) is 0 Å². The molecule has 0 saturated carbocycles. The van der Waals surface area contributed by atoms with Crippen molar-refractivity contribution < 1.29 is 19.8 Å². The highest BCUT2D eigenvalue weighted by Crippen LogP contribution is 2.31. The molecule has 0 spiro atoms. The first-order chi connectivity index (χ1) is 7.74. The number of thiophene rings is 1. The van der Waals surface area contributed by atoms with Gasteiger partial charge in [0.1, 0.15) is 0 Å². The highest BCUT2D eigenvalue weighted by Gasteiger charge is 2.30. The second-order valence-corrected chi connectivity index (χ2v) is 7.25. The molecule has 8 heteroatoms. The van der Waals surface area contributed by atoms with E-state index in [1.807, 2.05) is 0 Å². The molecule has 1 amide bonds. The standard InChI is InChI=1S/C9H9Br2NO4S/c1-9(16,8(14)15)3-12-7(13)4-2-5(10)17-6(4)11/h2,16H,3H2,1H3,(H,12,13)(H,14,15). The van der Waals surface area contributed by atoms with Crippen LogP contribution in [0, 0.1) is 0 Å². The van der Waals surface area contributed by atoms with Gasteiger partial charge in [0.05, 0.1) is 19.7 Å². The first kappa shape index (κ1) is 14.6. The average molecular weight is 387 g/mol. The van der Waals surface area contributed by atoms with E-state index in [0.717, 1.165) is 10.7 Å². The molecule has 3 N–H and O–H groups in total. The zero-order chi connectivity index (χ0) is 13.2. The van der Waals surface area contributed by atoms with Crippen LogP contribution < -0.4 is 5.32 Å². The fourth-order valence-electron chi connectivity index (χ4n) is 0.918. The van der Waals surface area contributed by atoms with E-state index in [1.165, 1.54) is 11.3 Å². The van der Waals surface area contributed by atoms with E-state index >= 15 is 0 Å². The van der Waals surface area contributed by atoms with Gasteiger partial charge in [-0.3, -0.25) is 4.79 Å². The van der Waals surface area contributed by atoms with Gasteiger partial charge >= 0.3 is 5.97 Å². The van der Waals surface area contributed by atoms with Crippen molar-refractivity contribution in [2.45, 2.75) is 12.5 Å². The molecule has 1 rings (SSSR count). The minimum atomic E-state index is -1.98. The first-order valence-corrected chi connectivity index (χ1v) is 6.83. The average Bonchev–Trinajstić information content (AvgIpc) is 2.54. The topological polar surface area (TPSA) is 86.6 Å². The molecule has 5 nitrogen and oxygen atoms in total. The molecule has 1 heterocycles. The van der Waals surface area contributed by atoms with E-state index in [-0.39, 0.29) is 6.54 Å². The van der Waals surface area contributed by atoms with Crippen LogP contribution >= 0.6 is 43.2 Å². The summed E-state index contributed by atoms with van der Waals surface area (Å²) < 4.78 is 1.41. The Morgan fingerprint density at radius 1 is 1.53 bits per heavy atom. The number of carboxylic acid groups (broad SMARTS) is 1. The highest BCUT2D eigenvalue weighted by molar-refractivity contribution is 9.12. The Balaban J connectivity index is 2.68. The summed E-state index contributed by atoms with van der Waals surface area (Å²) in [4.78, 5) is 22.3. The van der Waals surface area contributed by atoms with Crippen LogP contribution in [0.5, 0.6) is 0 Å². The summed E-state index contributed by atoms with van der Waals surface area (Å²) >= 11 is 7.78. The van der Waals surface area contributed by atoms with Crippen LogP contribution in [0.1, 0.15) is 17.3 Å². The van der Waals surface area contributed by atoms with E-state index < -0.39 is 17.5 Å². The number of hydrogen-bond acceptors (Lipinski definition) is 4. The number of amides is 1. The van der Waals surface area contributed by atoms with Crippen molar-refractivity contribution in [1.29, 1.82) is 0 Å². The predicted molar refractivity (Wildman–Crippen MR) is 70.3 cm³/mol. The molecular formula is C9H9Br2NO4S. The van der Waals surface area contributed by atoms with Crippen LogP contribution in [0.2, 0.25) is 0 Å². The Bertz CT molecular complexity index is 458. The quantitative estimate of drug-likeness (QED) is 0.736. The van der Waals surface area contributed by atoms with Crippen molar-refractivity contribution in [1.82, 2.24) is 5.32 Å². The third-order valence-electron chi connectivity index (χ3n) is 1.96. The van der Waals surface area contributed by atoms with Gasteiger partial charge < -0.3 is 15.5 Å². The van der Waals surface area contributed by atoms with Crippen LogP contribution in [0.3, 0.4) is 0 Å². The Morgan fingerprint density at radius 2 is 2.12 bits per heavy atom. The predicted octanol–water partition coefficient (Wildman–Crippen LogP) is 1.84. The highest BCUT2D eigenvalue weighted by atomic mass is 79.9. The number of aliphatic carboxylic acids is 1. The Kier molecular flexibility index (Phi) is 4.70. The van der Waals surface area contributed by atoms with E-state index in [0.29, 0.717) is 9.35 Å². The summed E-state index contributed by atoms with van der Waals surface area (Å²) in [5.41, 5.74) is -1.59. The van der Waals surface area contributed by atoms with Gasteiger partial charge in [-0.2, -0.15) is 0 Å². The monoisotopic (exact) mass is 385 g/mol. The number of rotatable bonds is 4. The lowest BCUT2D eigenvalue weighted by Gasteiger charge is -2.18. The summed E-state index contributed by atoms with van der Waals surface area (Å²) in [7, 11) is 0. The van der Waals surface area contributed by atoms with E-state index in [2.05, 4.69) is 37.2 Å². The smallest absolute Gasteiger partial charge is 0.337 e. The van der Waals surface area contributed by atoms with Crippen LogP contribution in [0.15, 0.2) is 13.6 Å². The second kappa shape index (κ2) is 5.47. The molecule has 0 radical (unpaired) electrons. The van der Waals surface area contributed by atoms with E-state index in [4.69, 9.17) is 5.11 Å². The molecule has 1 atom stereocenters. The van der Waals surface area contributed by atoms with Crippen molar-refractivity contribution >= 4 is 55.1 Å². The number of carbonyl (C=O) groups excluding carboxylic acids is 1. The lowest BCUT2D eigenvalue weighted by molar-refractivity contribution is -0.155. The molecule has 94 valence electrons. The maximum absolute atomic E-state index is 11.7. The number of halogens is 2. The van der Waals surface area contributed by atoms with Crippen molar-refractivity contribution in [3.63, 3.8) is 0 Å². The van der Waals surface area contributed by atoms with Gasteiger partial charge in [-0.25, -0.2) is 4.79 Å². The lowest BCUT2D eigenvalue weighted by Crippen LogP contribution is -2.46. The molecule has 0 saturated heterocycles. The van der Waals surface area contributed by atoms with Gasteiger partial charge in [-0.05, 0) is 44.8 Å². The summed E-state index contributed by atoms with van der Waals surface area (Å²) in [6.45, 7) is 0.759. The molecule has 0 aliphatic heterocycles. The molecule has 0 aromatic carbocycles. The summed E-state index contributed by atoms with van der Waals surface area (Å²) in [6.07, 6.45) is 0. The molecule has 0 bridgehead atoms. The van der Waals surface area contributed by atoms with Gasteiger partial charge in [0, 0.05) is 0 Å². The molecule has 1 unspecified atom stereocenters. The van der Waals surface area contributed by atoms with E-state index in [1.54, 1.807) is 6.07 Å². The molecule has 0 fully saturated rings. The molecule has 17 heavy (non-hydrogen) atoms. The van der Waals surface area contributed by atoms with Crippen LogP contribution in [0.25, 0.3) is 0 Å². The molecule has 0 aliphatic rings. The SMILES string of the molecule is CC(O)(CNC(=O)c1cc(Br)sc1Br)C(=O)O. The number of aliphatic hydroxyl groups is 1. The zero-order valence-corrected chi connectivity index (χ0v) is 12.6. The molecule has 1 aromatic heterocycles. The second-order valence-electron chi connectivity index (χ2n) is 3.50. The van der Waals surface area contributed by atoms with E-state index in [9.17, 15) is 14.7 Å². The fraction of sp³-hybridized carbons (Fsp3) is 0.333. The van der Waals surface area contributed by atoms with Gasteiger partial charge in [0.25, 0.3) is 5.91 Å². The fourth-order valence-corrected chi connectivity index (χ4v) is 3.71. The minimum absolute atomic E-state index is 0.360. The van der Waals surface area contributed by atoms with Crippen LogP contribution in [-0.2, 0) is 4.79 Å². The van der Waals surface area contributed by atoms with Gasteiger partial charge in [-0.15, -0.1) is 11.3 Å². The van der Waals surface area contributed by atoms with Gasteiger partial charge in [-0.1, -0.05) is 0 Å². The van der Waals surface area contributed by atoms with Gasteiger partial charge in [0.15, 0.2) is 5.60 Å². The number of nitrogens with one attached hydrogen (secondary N) is 1. The number of hydrogen-bond donors (Lipinski definition) is 3. The number of carboxylic acids is 1. The Labute approximate surface area is 118 Å². The van der Waals surface area contributed by atoms with Crippen molar-refractivity contribution in [3.05, 3.63) is 19.2 Å². The zero-order valence-electron chi connectivity index (χ0n) is 8.66. The maximum atomic E-state index is 11.7. The van der Waals surface area contributed by atoms with Crippen molar-refractivity contribution in [3.8, 4) is 0 Å². The molecular weight excluding hydrogens is 378 g/mol. The van der Waals surface area contributed by atoms with Crippen LogP contribution in [-0.4, -0.2) is 34.2 Å². The van der Waals surface area contributed by atoms with Crippen molar-refractivity contribution in [2.24, 2.45) is 0 Å². The Hall–Kier alpha value is -0.440. The van der Waals surface area contributed by atoms with Gasteiger partial charge in [0.2, 0.25) is 0 Å². The largest absolute Gasteiger partial charge is 0.479 e. The minimum Gasteiger partial charge on any atom is -0.479 e. The first-order valence-electron chi connectivity index (χ1n) is 4.43. The third-order valence-corrected chi connectivity index (χ3v) is 4.29. The molecule has 1 aromatic rings. The van der Waals surface area contributed by atoms with Crippen molar-refractivity contribution in [2.75, 3.05) is 6.54 Å². The summed E-state index contributed by atoms with van der Waals surface area (Å²) in [6, 6.07) is 1.61. The third kappa shape index (κ3) is 3.77. The maximum Gasteiger partial charge on any atom is 0.337 e.